The number of anilines is 1. The van der Waals surface area contributed by atoms with Crippen LogP contribution >= 0.6 is 34.8 Å². The summed E-state index contributed by atoms with van der Waals surface area (Å²) in [6.45, 7) is 2.81. The van der Waals surface area contributed by atoms with E-state index in [0.29, 0.717) is 17.7 Å². The highest BCUT2D eigenvalue weighted by Gasteiger charge is 2.37. The molecule has 0 aliphatic heterocycles. The lowest BCUT2D eigenvalue weighted by Gasteiger charge is -2.35. The van der Waals surface area contributed by atoms with Gasteiger partial charge in [0.05, 0.1) is 31.9 Å². The molecule has 0 heterocycles. The van der Waals surface area contributed by atoms with E-state index in [2.05, 4.69) is 5.32 Å². The van der Waals surface area contributed by atoms with Crippen LogP contribution in [-0.2, 0) is 32.6 Å². The fourth-order valence-electron chi connectivity index (χ4n) is 5.32. The molecular weight excluding hydrogens is 737 g/mol. The van der Waals surface area contributed by atoms with Crippen molar-refractivity contribution in [2.24, 2.45) is 0 Å². The van der Waals surface area contributed by atoms with E-state index in [-0.39, 0.29) is 56.2 Å². The summed E-state index contributed by atoms with van der Waals surface area (Å²) in [5.74, 6) is -0.565. The smallest absolute Gasteiger partial charge is 0.265 e. The highest BCUT2D eigenvalue weighted by Crippen LogP contribution is 2.37. The van der Waals surface area contributed by atoms with Crippen LogP contribution in [0.4, 0.5) is 5.69 Å². The third kappa shape index (κ3) is 9.59. The number of sulfonamides is 1. The molecule has 4 aromatic carbocycles. The van der Waals surface area contributed by atoms with Crippen LogP contribution in [0.3, 0.4) is 0 Å². The summed E-state index contributed by atoms with van der Waals surface area (Å²) in [6.07, 6.45) is 0.750. The van der Waals surface area contributed by atoms with Gasteiger partial charge in [0.25, 0.3) is 10.0 Å². The maximum atomic E-state index is 14.9. The normalized spacial score (nSPS) is 12.4. The first-order chi connectivity index (χ1) is 24.3. The van der Waals surface area contributed by atoms with Crippen LogP contribution in [0.2, 0.25) is 15.1 Å². The second-order valence-corrected chi connectivity index (χ2v) is 14.7. The first kappa shape index (κ1) is 39.6. The Balaban J connectivity index is 1.92. The lowest BCUT2D eigenvalue weighted by molar-refractivity contribution is -0.140. The Morgan fingerprint density at radius 1 is 0.804 bits per heavy atom. The molecule has 0 aliphatic rings. The molecule has 0 saturated heterocycles. The van der Waals surface area contributed by atoms with Crippen molar-refractivity contribution in [3.05, 3.63) is 111 Å². The van der Waals surface area contributed by atoms with E-state index >= 15 is 0 Å². The zero-order valence-corrected chi connectivity index (χ0v) is 31.9. The van der Waals surface area contributed by atoms with Crippen molar-refractivity contribution in [1.82, 2.24) is 10.2 Å². The van der Waals surface area contributed by atoms with E-state index in [4.69, 9.17) is 49.0 Å². The van der Waals surface area contributed by atoms with Crippen molar-refractivity contribution < 1.29 is 32.2 Å². The van der Waals surface area contributed by atoms with Crippen molar-refractivity contribution in [3.8, 4) is 17.2 Å². The van der Waals surface area contributed by atoms with Gasteiger partial charge in [-0.25, -0.2) is 8.42 Å². The van der Waals surface area contributed by atoms with Gasteiger partial charge in [-0.1, -0.05) is 78.1 Å². The topological polar surface area (TPSA) is 114 Å². The number of benzene rings is 4. The van der Waals surface area contributed by atoms with Gasteiger partial charge < -0.3 is 24.4 Å². The third-order valence-electron chi connectivity index (χ3n) is 8.29. The SMILES string of the molecule is CC[C@@H](C)NC(=O)[C@@H](Cc1ccccc1)N(Cc1c(Cl)cccc1Cl)C(=O)CN(c1cc(Cl)ccc1OC)S(=O)(=O)c1ccc(OC)c(OC)c1. The number of nitrogens with zero attached hydrogens (tertiary/aromatic N) is 2. The van der Waals surface area contributed by atoms with Gasteiger partial charge in [0.2, 0.25) is 11.8 Å². The maximum Gasteiger partial charge on any atom is 0.265 e. The molecule has 0 aliphatic carbocycles. The number of halogens is 3. The Labute approximate surface area is 314 Å². The number of carbonyl (C=O) groups excluding carboxylic acids is 2. The van der Waals surface area contributed by atoms with E-state index in [0.717, 1.165) is 9.87 Å². The summed E-state index contributed by atoms with van der Waals surface area (Å²) >= 11 is 19.6. The van der Waals surface area contributed by atoms with Gasteiger partial charge in [0.1, 0.15) is 18.3 Å². The predicted octanol–water partition coefficient (Wildman–Crippen LogP) is 7.42. The average molecular weight is 777 g/mol. The molecular formula is C37H40Cl3N3O7S. The van der Waals surface area contributed by atoms with Gasteiger partial charge in [0, 0.05) is 45.7 Å². The highest BCUT2D eigenvalue weighted by atomic mass is 35.5. The molecule has 0 radical (unpaired) electrons. The van der Waals surface area contributed by atoms with E-state index in [1.165, 1.54) is 62.6 Å². The molecule has 0 spiro atoms. The molecule has 0 unspecified atom stereocenters. The summed E-state index contributed by atoms with van der Waals surface area (Å²) < 4.78 is 46.4. The first-order valence-corrected chi connectivity index (χ1v) is 18.6. The number of hydrogen-bond donors (Lipinski definition) is 1. The third-order valence-corrected chi connectivity index (χ3v) is 11.0. The molecule has 4 aromatic rings. The molecule has 272 valence electrons. The Morgan fingerprint density at radius 2 is 1.43 bits per heavy atom. The van der Waals surface area contributed by atoms with Crippen molar-refractivity contribution >= 4 is 62.3 Å². The molecule has 0 bridgehead atoms. The summed E-state index contributed by atoms with van der Waals surface area (Å²) in [4.78, 5) is 30.1. The zero-order chi connectivity index (χ0) is 37.3. The molecule has 0 aromatic heterocycles. The number of carbonyl (C=O) groups is 2. The van der Waals surface area contributed by atoms with Crippen molar-refractivity contribution in [3.63, 3.8) is 0 Å². The lowest BCUT2D eigenvalue weighted by atomic mass is 10.0. The summed E-state index contributed by atoms with van der Waals surface area (Å²) in [7, 11) is -0.369. The van der Waals surface area contributed by atoms with Gasteiger partial charge >= 0.3 is 0 Å². The Hall–Kier alpha value is -4.16. The van der Waals surface area contributed by atoms with Crippen LogP contribution in [-0.4, -0.2) is 65.1 Å². The molecule has 4 rings (SSSR count). The van der Waals surface area contributed by atoms with Gasteiger partial charge in [0.15, 0.2) is 11.5 Å². The van der Waals surface area contributed by atoms with E-state index in [9.17, 15) is 18.0 Å². The van der Waals surface area contributed by atoms with Crippen molar-refractivity contribution in [2.75, 3.05) is 32.2 Å². The van der Waals surface area contributed by atoms with E-state index < -0.39 is 34.4 Å². The molecule has 0 saturated carbocycles. The van der Waals surface area contributed by atoms with E-state index in [1.54, 1.807) is 18.2 Å². The minimum atomic E-state index is -4.55. The number of amides is 2. The second-order valence-electron chi connectivity index (χ2n) is 11.6. The average Bonchev–Trinajstić information content (AvgIpc) is 3.12. The standard InChI is InChI=1S/C37H40Cl3N3O7S/c1-6-24(2)41-37(45)32(19-25-11-8-7-9-12-25)42(22-28-29(39)13-10-14-30(28)40)36(44)23-43(31-20-26(38)15-17-33(31)48-3)51(46,47)27-16-18-34(49-4)35(21-27)50-5/h7-18,20-21,24,32H,6,19,22-23H2,1-5H3,(H,41,45)/t24-,32-/m1/s1. The first-order valence-electron chi connectivity index (χ1n) is 16.0. The monoisotopic (exact) mass is 775 g/mol. The highest BCUT2D eigenvalue weighted by molar-refractivity contribution is 7.92. The molecule has 2 amide bonds. The van der Waals surface area contributed by atoms with Gasteiger partial charge in [-0.2, -0.15) is 0 Å². The maximum absolute atomic E-state index is 14.9. The molecule has 0 fully saturated rings. The molecule has 14 heteroatoms. The largest absolute Gasteiger partial charge is 0.495 e. The Bertz CT molecular complexity index is 1930. The van der Waals surface area contributed by atoms with Crippen LogP contribution in [0.25, 0.3) is 0 Å². The molecule has 1 N–H and O–H groups in total. The van der Waals surface area contributed by atoms with Crippen LogP contribution < -0.4 is 23.8 Å². The van der Waals surface area contributed by atoms with Gasteiger partial charge in [-0.05, 0) is 61.4 Å². The van der Waals surface area contributed by atoms with E-state index in [1.807, 2.05) is 44.2 Å². The quantitative estimate of drug-likeness (QED) is 0.126. The molecule has 10 nitrogen and oxygen atoms in total. The minimum absolute atomic E-state index is 0.00692. The number of hydrogen-bond acceptors (Lipinski definition) is 7. The summed E-state index contributed by atoms with van der Waals surface area (Å²) in [6, 6.07) is 21.3. The zero-order valence-electron chi connectivity index (χ0n) is 28.9. The fourth-order valence-corrected chi connectivity index (χ4v) is 7.44. The predicted molar refractivity (Wildman–Crippen MR) is 201 cm³/mol. The lowest BCUT2D eigenvalue weighted by Crippen LogP contribution is -2.54. The fraction of sp³-hybridized carbons (Fsp3) is 0.297. The van der Waals surface area contributed by atoms with Crippen LogP contribution in [0.15, 0.2) is 89.8 Å². The summed E-state index contributed by atoms with van der Waals surface area (Å²) in [5.41, 5.74) is 1.15. The number of methoxy groups -OCH3 is 3. The molecule has 2 atom stereocenters. The van der Waals surface area contributed by atoms with Gasteiger partial charge in [-0.15, -0.1) is 0 Å². The van der Waals surface area contributed by atoms with Crippen LogP contribution in [0.1, 0.15) is 31.4 Å². The van der Waals surface area contributed by atoms with Crippen molar-refractivity contribution in [1.29, 1.82) is 0 Å². The number of ether oxygens (including phenoxy) is 3. The number of nitrogens with one attached hydrogen (secondary N) is 1. The Kier molecular flexibility index (Phi) is 13.9. The van der Waals surface area contributed by atoms with Crippen molar-refractivity contribution in [2.45, 2.75) is 50.2 Å². The van der Waals surface area contributed by atoms with Gasteiger partial charge in [-0.3, -0.25) is 13.9 Å². The minimum Gasteiger partial charge on any atom is -0.495 e. The van der Waals surface area contributed by atoms with Crippen LogP contribution in [0.5, 0.6) is 17.2 Å². The number of rotatable bonds is 16. The van der Waals surface area contributed by atoms with Crippen LogP contribution in [0, 0.1) is 0 Å². The Morgan fingerprint density at radius 3 is 2.04 bits per heavy atom. The summed E-state index contributed by atoms with van der Waals surface area (Å²) in [5, 5.41) is 3.73. The molecule has 51 heavy (non-hydrogen) atoms. The second kappa shape index (κ2) is 17.9.